The van der Waals surface area contributed by atoms with Crippen LogP contribution in [0.15, 0.2) is 88.9 Å². The van der Waals surface area contributed by atoms with Gasteiger partial charge in [-0.2, -0.15) is 9.41 Å². The van der Waals surface area contributed by atoms with Crippen molar-refractivity contribution in [2.75, 3.05) is 6.54 Å². The highest BCUT2D eigenvalue weighted by Gasteiger charge is 2.26. The normalized spacial score (nSPS) is 11.7. The van der Waals surface area contributed by atoms with Crippen LogP contribution < -0.4 is 5.43 Å². The summed E-state index contributed by atoms with van der Waals surface area (Å²) >= 11 is 0. The lowest BCUT2D eigenvalue weighted by molar-refractivity contribution is -0.121. The molecule has 0 aromatic heterocycles. The van der Waals surface area contributed by atoms with Gasteiger partial charge < -0.3 is 0 Å². The molecule has 1 amide bonds. The lowest BCUT2D eigenvalue weighted by Crippen LogP contribution is -2.39. The van der Waals surface area contributed by atoms with Crippen molar-refractivity contribution in [3.8, 4) is 0 Å². The van der Waals surface area contributed by atoms with Crippen LogP contribution in [0, 0.1) is 13.8 Å². The number of amides is 1. The van der Waals surface area contributed by atoms with E-state index in [1.165, 1.54) is 6.21 Å². The Labute approximate surface area is 183 Å². The van der Waals surface area contributed by atoms with Gasteiger partial charge in [-0.1, -0.05) is 77.9 Å². The average molecular weight is 436 g/mol. The van der Waals surface area contributed by atoms with Crippen LogP contribution in [0.5, 0.6) is 0 Å². The molecule has 0 bridgehead atoms. The van der Waals surface area contributed by atoms with E-state index in [9.17, 15) is 13.2 Å². The molecule has 0 saturated heterocycles. The number of nitrogens with zero attached hydrogens (tertiary/aromatic N) is 2. The monoisotopic (exact) mass is 435 g/mol. The van der Waals surface area contributed by atoms with Crippen molar-refractivity contribution in [3.05, 3.63) is 101 Å². The maximum atomic E-state index is 13.2. The highest BCUT2D eigenvalue weighted by atomic mass is 32.2. The Kier molecular flexibility index (Phi) is 7.33. The smallest absolute Gasteiger partial charge is 0.255 e. The largest absolute Gasteiger partial charge is 0.272 e. The zero-order chi connectivity index (χ0) is 22.3. The van der Waals surface area contributed by atoms with Crippen LogP contribution in [-0.4, -0.2) is 31.4 Å². The van der Waals surface area contributed by atoms with Crippen LogP contribution in [0.1, 0.15) is 22.3 Å². The first-order valence-electron chi connectivity index (χ1n) is 9.84. The summed E-state index contributed by atoms with van der Waals surface area (Å²) in [4.78, 5) is 12.6. The molecule has 1 N–H and O–H groups in total. The zero-order valence-corrected chi connectivity index (χ0v) is 18.3. The van der Waals surface area contributed by atoms with Gasteiger partial charge >= 0.3 is 0 Å². The summed E-state index contributed by atoms with van der Waals surface area (Å²) in [5.74, 6) is -0.518. The third-order valence-electron chi connectivity index (χ3n) is 4.63. The Balaban J connectivity index is 1.77. The molecule has 0 aliphatic rings. The van der Waals surface area contributed by atoms with E-state index in [1.54, 1.807) is 24.3 Å². The number of rotatable bonds is 8. The van der Waals surface area contributed by atoms with Gasteiger partial charge in [-0.15, -0.1) is 0 Å². The SMILES string of the molecule is Cc1ccc(S(=O)(=O)N(CC(=O)NN=Cc2cccc(C)c2)Cc2ccccc2)cc1. The predicted octanol–water partition coefficient (Wildman–Crippen LogP) is 3.64. The fourth-order valence-electron chi connectivity index (χ4n) is 3.00. The van der Waals surface area contributed by atoms with Gasteiger partial charge in [0.15, 0.2) is 0 Å². The van der Waals surface area contributed by atoms with Crippen molar-refractivity contribution in [2.45, 2.75) is 25.3 Å². The number of aryl methyl sites for hydroxylation is 2. The number of sulfonamides is 1. The minimum Gasteiger partial charge on any atom is -0.272 e. The maximum absolute atomic E-state index is 13.2. The number of hydrazone groups is 1. The van der Waals surface area contributed by atoms with E-state index in [0.29, 0.717) is 0 Å². The minimum atomic E-state index is -3.87. The molecular weight excluding hydrogens is 410 g/mol. The van der Waals surface area contributed by atoms with Crippen molar-refractivity contribution in [1.29, 1.82) is 0 Å². The number of hydrogen-bond acceptors (Lipinski definition) is 4. The summed E-state index contributed by atoms with van der Waals surface area (Å²) < 4.78 is 27.6. The molecule has 160 valence electrons. The molecule has 3 aromatic carbocycles. The third kappa shape index (κ3) is 6.34. The molecular formula is C24H25N3O3S. The molecule has 6 nitrogen and oxygen atoms in total. The van der Waals surface area contributed by atoms with Gasteiger partial charge in [0.05, 0.1) is 17.7 Å². The molecule has 0 aliphatic carbocycles. The van der Waals surface area contributed by atoms with E-state index in [2.05, 4.69) is 10.5 Å². The highest BCUT2D eigenvalue weighted by molar-refractivity contribution is 7.89. The summed E-state index contributed by atoms with van der Waals surface area (Å²) in [6.45, 7) is 3.58. The lowest BCUT2D eigenvalue weighted by atomic mass is 10.2. The van der Waals surface area contributed by atoms with E-state index < -0.39 is 15.9 Å². The van der Waals surface area contributed by atoms with Gasteiger partial charge in [0.25, 0.3) is 5.91 Å². The second kappa shape index (κ2) is 10.1. The Morgan fingerprint density at radius 3 is 2.32 bits per heavy atom. The van der Waals surface area contributed by atoms with Crippen molar-refractivity contribution >= 4 is 22.1 Å². The van der Waals surface area contributed by atoms with Gasteiger partial charge in [-0.05, 0) is 37.1 Å². The van der Waals surface area contributed by atoms with E-state index in [1.807, 2.05) is 68.4 Å². The Morgan fingerprint density at radius 1 is 0.935 bits per heavy atom. The fraction of sp³-hybridized carbons (Fsp3) is 0.167. The van der Waals surface area contributed by atoms with Crippen LogP contribution in [0.4, 0.5) is 0 Å². The summed E-state index contributed by atoms with van der Waals surface area (Å²) in [5, 5.41) is 3.96. The third-order valence-corrected chi connectivity index (χ3v) is 6.43. The summed E-state index contributed by atoms with van der Waals surface area (Å²) in [6, 6.07) is 23.4. The number of carbonyl (C=O) groups excluding carboxylic acids is 1. The second-order valence-electron chi connectivity index (χ2n) is 7.28. The minimum absolute atomic E-state index is 0.0755. The van der Waals surface area contributed by atoms with E-state index in [4.69, 9.17) is 0 Å². The number of hydrogen-bond donors (Lipinski definition) is 1. The maximum Gasteiger partial charge on any atom is 0.255 e. The summed E-state index contributed by atoms with van der Waals surface area (Å²) in [6.07, 6.45) is 1.53. The zero-order valence-electron chi connectivity index (χ0n) is 17.5. The highest BCUT2D eigenvalue weighted by Crippen LogP contribution is 2.19. The lowest BCUT2D eigenvalue weighted by Gasteiger charge is -2.21. The van der Waals surface area contributed by atoms with Gasteiger partial charge in [-0.25, -0.2) is 13.8 Å². The Hall–Kier alpha value is -3.29. The molecule has 0 atom stereocenters. The molecule has 0 radical (unpaired) electrons. The van der Waals surface area contributed by atoms with Gasteiger partial charge in [0.2, 0.25) is 10.0 Å². The van der Waals surface area contributed by atoms with Crippen LogP contribution in [0.25, 0.3) is 0 Å². The summed E-state index contributed by atoms with van der Waals surface area (Å²) in [5.41, 5.74) is 6.08. The molecule has 0 aliphatic heterocycles. The van der Waals surface area contributed by atoms with Crippen molar-refractivity contribution in [3.63, 3.8) is 0 Å². The first-order valence-corrected chi connectivity index (χ1v) is 11.3. The summed E-state index contributed by atoms with van der Waals surface area (Å²) in [7, 11) is -3.87. The first-order chi connectivity index (χ1) is 14.8. The predicted molar refractivity (Wildman–Crippen MR) is 122 cm³/mol. The topological polar surface area (TPSA) is 78.8 Å². The molecule has 0 unspecified atom stereocenters. The van der Waals surface area contributed by atoms with Crippen molar-refractivity contribution < 1.29 is 13.2 Å². The van der Waals surface area contributed by atoms with Crippen molar-refractivity contribution in [2.24, 2.45) is 5.10 Å². The van der Waals surface area contributed by atoms with E-state index in [-0.39, 0.29) is 18.0 Å². The van der Waals surface area contributed by atoms with Crippen LogP contribution in [0.3, 0.4) is 0 Å². The van der Waals surface area contributed by atoms with Crippen LogP contribution in [-0.2, 0) is 21.4 Å². The number of benzene rings is 3. The molecule has 0 spiro atoms. The Morgan fingerprint density at radius 2 is 1.65 bits per heavy atom. The molecule has 0 heterocycles. The Bertz CT molecular complexity index is 1160. The second-order valence-corrected chi connectivity index (χ2v) is 9.22. The number of carbonyl (C=O) groups is 1. The molecule has 3 aromatic rings. The number of nitrogens with one attached hydrogen (secondary N) is 1. The average Bonchev–Trinajstić information content (AvgIpc) is 2.74. The van der Waals surface area contributed by atoms with Gasteiger partial charge in [0.1, 0.15) is 0 Å². The quantitative estimate of drug-likeness (QED) is 0.433. The van der Waals surface area contributed by atoms with Crippen LogP contribution in [0.2, 0.25) is 0 Å². The molecule has 0 saturated carbocycles. The molecule has 7 heteroatoms. The molecule has 31 heavy (non-hydrogen) atoms. The van der Waals surface area contributed by atoms with Gasteiger partial charge in [0, 0.05) is 6.54 Å². The van der Waals surface area contributed by atoms with Crippen LogP contribution >= 0.6 is 0 Å². The molecule has 0 fully saturated rings. The van der Waals surface area contributed by atoms with E-state index >= 15 is 0 Å². The molecule has 3 rings (SSSR count). The van der Waals surface area contributed by atoms with Crippen molar-refractivity contribution in [1.82, 2.24) is 9.73 Å². The first kappa shape index (κ1) is 22.4. The van der Waals surface area contributed by atoms with E-state index in [0.717, 1.165) is 26.6 Å². The standard InChI is InChI=1S/C24H25N3O3S/c1-19-11-13-23(14-12-19)31(29,30)27(17-21-8-4-3-5-9-21)18-24(28)26-25-16-22-10-6-7-20(2)15-22/h3-16H,17-18H2,1-2H3,(H,26,28). The fourth-order valence-corrected chi connectivity index (χ4v) is 4.38. The van der Waals surface area contributed by atoms with Gasteiger partial charge in [-0.3, -0.25) is 4.79 Å².